The summed E-state index contributed by atoms with van der Waals surface area (Å²) in [4.78, 5) is 2.39. The van der Waals surface area contributed by atoms with E-state index >= 15 is 0 Å². The number of hydrogen-bond acceptors (Lipinski definition) is 3. The molecule has 0 aromatic heterocycles. The molecule has 0 aliphatic carbocycles. The van der Waals surface area contributed by atoms with Gasteiger partial charge in [0, 0.05) is 37.7 Å². The van der Waals surface area contributed by atoms with Gasteiger partial charge in [-0.3, -0.25) is 4.90 Å². The van der Waals surface area contributed by atoms with Crippen LogP contribution in [0.4, 0.5) is 0 Å². The molecule has 0 saturated carbocycles. The lowest BCUT2D eigenvalue weighted by Gasteiger charge is -2.25. The SMILES string of the molecule is Cc1cc(C#CCCN2CCOCC2)ccc1Oc1ccc(Cl)c(Cl)c1. The van der Waals surface area contributed by atoms with E-state index in [-0.39, 0.29) is 0 Å². The fraction of sp³-hybridized carbons (Fsp3) is 0.333. The van der Waals surface area contributed by atoms with Crippen LogP contribution >= 0.6 is 23.2 Å². The van der Waals surface area contributed by atoms with Gasteiger partial charge in [0.2, 0.25) is 0 Å². The molecule has 0 bridgehead atoms. The number of morpholine rings is 1. The van der Waals surface area contributed by atoms with Crippen LogP contribution < -0.4 is 4.74 Å². The maximum Gasteiger partial charge on any atom is 0.130 e. The third-order valence-corrected chi connectivity index (χ3v) is 4.92. The van der Waals surface area contributed by atoms with Crippen molar-refractivity contribution in [2.24, 2.45) is 0 Å². The molecule has 0 N–H and O–H groups in total. The van der Waals surface area contributed by atoms with Crippen molar-refractivity contribution >= 4 is 23.2 Å². The van der Waals surface area contributed by atoms with E-state index in [2.05, 4.69) is 16.7 Å². The summed E-state index contributed by atoms with van der Waals surface area (Å²) in [6, 6.07) is 11.2. The summed E-state index contributed by atoms with van der Waals surface area (Å²) < 4.78 is 11.2. The highest BCUT2D eigenvalue weighted by atomic mass is 35.5. The van der Waals surface area contributed by atoms with Crippen LogP contribution in [0.1, 0.15) is 17.5 Å². The second kappa shape index (κ2) is 9.30. The average Bonchev–Trinajstić information content (AvgIpc) is 2.65. The molecule has 136 valence electrons. The van der Waals surface area contributed by atoms with Crippen LogP contribution in [0.5, 0.6) is 11.5 Å². The van der Waals surface area contributed by atoms with E-state index in [1.54, 1.807) is 18.2 Å². The fourth-order valence-corrected chi connectivity index (χ4v) is 3.00. The number of nitrogens with zero attached hydrogens (tertiary/aromatic N) is 1. The molecule has 0 atom stereocenters. The van der Waals surface area contributed by atoms with Gasteiger partial charge in [-0.05, 0) is 42.8 Å². The number of aryl methyl sites for hydroxylation is 1. The summed E-state index contributed by atoms with van der Waals surface area (Å²) in [5.41, 5.74) is 2.02. The van der Waals surface area contributed by atoms with E-state index in [1.165, 1.54) is 0 Å². The molecule has 1 heterocycles. The van der Waals surface area contributed by atoms with Crippen LogP contribution in [-0.4, -0.2) is 37.7 Å². The van der Waals surface area contributed by atoms with Gasteiger partial charge in [0.1, 0.15) is 11.5 Å². The van der Waals surface area contributed by atoms with Gasteiger partial charge in [-0.25, -0.2) is 0 Å². The van der Waals surface area contributed by atoms with E-state index in [9.17, 15) is 0 Å². The Morgan fingerprint density at radius 1 is 1.08 bits per heavy atom. The molecular formula is C21H21Cl2NO2. The smallest absolute Gasteiger partial charge is 0.130 e. The molecule has 3 nitrogen and oxygen atoms in total. The molecule has 0 spiro atoms. The van der Waals surface area contributed by atoms with Crippen molar-refractivity contribution in [3.05, 3.63) is 57.6 Å². The van der Waals surface area contributed by atoms with E-state index in [4.69, 9.17) is 32.7 Å². The number of benzene rings is 2. The zero-order chi connectivity index (χ0) is 18.4. The van der Waals surface area contributed by atoms with Crippen LogP contribution in [0.3, 0.4) is 0 Å². The predicted molar refractivity (Wildman–Crippen MR) is 106 cm³/mol. The maximum atomic E-state index is 6.03. The normalized spacial score (nSPS) is 14.6. The van der Waals surface area contributed by atoms with Gasteiger partial charge in [0.15, 0.2) is 0 Å². The highest BCUT2D eigenvalue weighted by molar-refractivity contribution is 6.42. The Balaban J connectivity index is 1.58. The molecule has 2 aromatic carbocycles. The fourth-order valence-electron chi connectivity index (χ4n) is 2.71. The Morgan fingerprint density at radius 2 is 1.88 bits per heavy atom. The molecule has 1 aliphatic heterocycles. The van der Waals surface area contributed by atoms with Crippen LogP contribution in [0.25, 0.3) is 0 Å². The Hall–Kier alpha value is -1.70. The van der Waals surface area contributed by atoms with Crippen LogP contribution in [0.15, 0.2) is 36.4 Å². The number of ether oxygens (including phenoxy) is 2. The molecule has 5 heteroatoms. The van der Waals surface area contributed by atoms with Crippen LogP contribution in [-0.2, 0) is 4.74 Å². The van der Waals surface area contributed by atoms with Crippen molar-refractivity contribution in [2.75, 3.05) is 32.8 Å². The zero-order valence-electron chi connectivity index (χ0n) is 14.7. The lowest BCUT2D eigenvalue weighted by atomic mass is 10.1. The zero-order valence-corrected chi connectivity index (χ0v) is 16.2. The summed E-state index contributed by atoms with van der Waals surface area (Å²) >= 11 is 12.0. The Morgan fingerprint density at radius 3 is 2.62 bits per heavy atom. The predicted octanol–water partition coefficient (Wildman–Crippen LogP) is 5.17. The summed E-state index contributed by atoms with van der Waals surface area (Å²) in [7, 11) is 0. The molecule has 2 aromatic rings. The Bertz CT molecular complexity index is 820. The molecular weight excluding hydrogens is 369 g/mol. The van der Waals surface area contributed by atoms with Crippen LogP contribution in [0, 0.1) is 18.8 Å². The van der Waals surface area contributed by atoms with Crippen molar-refractivity contribution in [3.8, 4) is 23.3 Å². The van der Waals surface area contributed by atoms with E-state index in [1.807, 2.05) is 25.1 Å². The third kappa shape index (κ3) is 5.40. The molecule has 26 heavy (non-hydrogen) atoms. The molecule has 1 saturated heterocycles. The highest BCUT2D eigenvalue weighted by Gasteiger charge is 2.08. The average molecular weight is 390 g/mol. The first-order chi connectivity index (χ1) is 12.6. The second-order valence-corrected chi connectivity index (χ2v) is 6.98. The second-order valence-electron chi connectivity index (χ2n) is 6.16. The number of rotatable bonds is 4. The van der Waals surface area contributed by atoms with E-state index in [0.29, 0.717) is 15.8 Å². The van der Waals surface area contributed by atoms with Gasteiger partial charge in [0.05, 0.1) is 23.3 Å². The molecule has 0 amide bonds. The molecule has 0 unspecified atom stereocenters. The van der Waals surface area contributed by atoms with Gasteiger partial charge in [-0.15, -0.1) is 0 Å². The summed E-state index contributed by atoms with van der Waals surface area (Å²) in [6.45, 7) is 6.66. The van der Waals surface area contributed by atoms with Gasteiger partial charge in [-0.2, -0.15) is 0 Å². The van der Waals surface area contributed by atoms with Crippen molar-refractivity contribution in [3.63, 3.8) is 0 Å². The lowest BCUT2D eigenvalue weighted by molar-refractivity contribution is 0.0390. The largest absolute Gasteiger partial charge is 0.457 e. The van der Waals surface area contributed by atoms with Crippen molar-refractivity contribution in [2.45, 2.75) is 13.3 Å². The van der Waals surface area contributed by atoms with Gasteiger partial charge < -0.3 is 9.47 Å². The van der Waals surface area contributed by atoms with Gasteiger partial charge in [0.25, 0.3) is 0 Å². The first kappa shape index (κ1) is 19.1. The summed E-state index contributed by atoms with van der Waals surface area (Å²) in [6.07, 6.45) is 0.862. The van der Waals surface area contributed by atoms with Crippen LogP contribution in [0.2, 0.25) is 10.0 Å². The lowest BCUT2D eigenvalue weighted by Crippen LogP contribution is -2.36. The first-order valence-electron chi connectivity index (χ1n) is 8.64. The minimum absolute atomic E-state index is 0.476. The summed E-state index contributed by atoms with van der Waals surface area (Å²) in [5.74, 6) is 7.92. The summed E-state index contributed by atoms with van der Waals surface area (Å²) in [5, 5.41) is 0.989. The monoisotopic (exact) mass is 389 g/mol. The van der Waals surface area contributed by atoms with Crippen molar-refractivity contribution in [1.82, 2.24) is 4.90 Å². The Labute approximate surface area is 164 Å². The first-order valence-corrected chi connectivity index (χ1v) is 9.40. The third-order valence-electron chi connectivity index (χ3n) is 4.18. The highest BCUT2D eigenvalue weighted by Crippen LogP contribution is 2.31. The molecule has 1 aliphatic rings. The Kier molecular flexibility index (Phi) is 6.82. The number of halogens is 2. The maximum absolute atomic E-state index is 6.03. The minimum atomic E-state index is 0.476. The quantitative estimate of drug-likeness (QED) is 0.673. The van der Waals surface area contributed by atoms with Crippen molar-refractivity contribution < 1.29 is 9.47 Å². The molecule has 0 radical (unpaired) electrons. The van der Waals surface area contributed by atoms with Gasteiger partial charge in [-0.1, -0.05) is 35.0 Å². The molecule has 3 rings (SSSR count). The topological polar surface area (TPSA) is 21.7 Å². The number of hydrogen-bond donors (Lipinski definition) is 0. The van der Waals surface area contributed by atoms with Crippen molar-refractivity contribution in [1.29, 1.82) is 0 Å². The van der Waals surface area contributed by atoms with Gasteiger partial charge >= 0.3 is 0 Å². The minimum Gasteiger partial charge on any atom is -0.457 e. The standard InChI is InChI=1S/C21H21Cl2NO2/c1-16-14-17(4-2-3-9-24-10-12-25-13-11-24)5-8-21(16)26-18-6-7-19(22)20(23)15-18/h5-8,14-15H,3,9-13H2,1H3. The van der Waals surface area contributed by atoms with E-state index < -0.39 is 0 Å². The molecule has 1 fully saturated rings. The van der Waals surface area contributed by atoms with E-state index in [0.717, 1.165) is 56.1 Å².